The molecule has 0 spiro atoms. The largest absolute Gasteiger partial charge is 0.308 e. The first-order chi connectivity index (χ1) is 13.5. The third-order valence-electron chi connectivity index (χ3n) is 6.44. The van der Waals surface area contributed by atoms with Crippen LogP contribution in [0.2, 0.25) is 0 Å². The minimum absolute atomic E-state index is 0.229. The molecule has 2 aromatic rings. The lowest BCUT2D eigenvalue weighted by atomic mass is 9.98. The van der Waals surface area contributed by atoms with Gasteiger partial charge in [0.25, 0.3) is 0 Å². The number of anilines is 1. The standard InChI is InChI=1S/C24H31N3O/c1-18-8-10-21(11-9-18)16-25-12-14-26(15-13-25)17-24(28)27-20(3)19(2)22-6-4-5-7-23(22)27/h4-11,19-20H,12-17H2,1-3H3. The topological polar surface area (TPSA) is 26.8 Å². The van der Waals surface area contributed by atoms with Crippen molar-refractivity contribution < 1.29 is 4.79 Å². The Morgan fingerprint density at radius 1 is 0.929 bits per heavy atom. The molecule has 1 fully saturated rings. The molecule has 2 heterocycles. The lowest BCUT2D eigenvalue weighted by Gasteiger charge is -2.35. The zero-order chi connectivity index (χ0) is 19.7. The van der Waals surface area contributed by atoms with Crippen LogP contribution in [-0.2, 0) is 11.3 Å². The molecule has 0 radical (unpaired) electrons. The third kappa shape index (κ3) is 3.85. The van der Waals surface area contributed by atoms with E-state index in [1.54, 1.807) is 0 Å². The second-order valence-corrected chi connectivity index (χ2v) is 8.39. The molecule has 0 aliphatic carbocycles. The van der Waals surface area contributed by atoms with Gasteiger partial charge in [-0.2, -0.15) is 0 Å². The van der Waals surface area contributed by atoms with Crippen molar-refractivity contribution in [2.75, 3.05) is 37.6 Å². The lowest BCUT2D eigenvalue weighted by molar-refractivity contribution is -0.120. The number of rotatable bonds is 4. The van der Waals surface area contributed by atoms with Crippen LogP contribution < -0.4 is 4.90 Å². The first-order valence-electron chi connectivity index (χ1n) is 10.4. The Bertz CT molecular complexity index is 824. The normalized spacial score (nSPS) is 23.0. The summed E-state index contributed by atoms with van der Waals surface area (Å²) in [7, 11) is 0. The Labute approximate surface area is 168 Å². The molecule has 2 unspecified atom stereocenters. The number of nitrogens with zero attached hydrogens (tertiary/aromatic N) is 3. The molecular weight excluding hydrogens is 346 g/mol. The van der Waals surface area contributed by atoms with Crippen molar-refractivity contribution in [2.45, 2.75) is 39.3 Å². The summed E-state index contributed by atoms with van der Waals surface area (Å²) >= 11 is 0. The van der Waals surface area contributed by atoms with Crippen molar-refractivity contribution >= 4 is 11.6 Å². The molecule has 28 heavy (non-hydrogen) atoms. The fourth-order valence-corrected chi connectivity index (χ4v) is 4.48. The number of piperazine rings is 1. The number of hydrogen-bond acceptors (Lipinski definition) is 3. The summed E-state index contributed by atoms with van der Waals surface area (Å²) in [6.45, 7) is 12.0. The average molecular weight is 378 g/mol. The number of amides is 1. The first kappa shape index (κ1) is 19.2. The van der Waals surface area contributed by atoms with Gasteiger partial charge in [-0.05, 0) is 31.0 Å². The van der Waals surface area contributed by atoms with Crippen LogP contribution in [0.15, 0.2) is 48.5 Å². The number of carbonyl (C=O) groups is 1. The Hall–Kier alpha value is -2.17. The molecule has 4 rings (SSSR count). The Morgan fingerprint density at radius 2 is 1.57 bits per heavy atom. The van der Waals surface area contributed by atoms with E-state index < -0.39 is 0 Å². The van der Waals surface area contributed by atoms with E-state index in [0.29, 0.717) is 12.5 Å². The summed E-state index contributed by atoms with van der Waals surface area (Å²) in [6, 6.07) is 17.4. The fraction of sp³-hybridized carbons (Fsp3) is 0.458. The summed E-state index contributed by atoms with van der Waals surface area (Å²) in [4.78, 5) is 19.9. The highest BCUT2D eigenvalue weighted by molar-refractivity contribution is 5.97. The highest BCUT2D eigenvalue weighted by Gasteiger charge is 2.36. The summed E-state index contributed by atoms with van der Waals surface area (Å²) in [5.74, 6) is 0.628. The van der Waals surface area contributed by atoms with Crippen molar-refractivity contribution in [1.82, 2.24) is 9.80 Å². The van der Waals surface area contributed by atoms with Crippen molar-refractivity contribution in [3.8, 4) is 0 Å². The molecule has 4 nitrogen and oxygen atoms in total. The van der Waals surface area contributed by atoms with Crippen molar-refractivity contribution in [2.24, 2.45) is 0 Å². The monoisotopic (exact) mass is 377 g/mol. The van der Waals surface area contributed by atoms with Gasteiger partial charge in [-0.1, -0.05) is 55.0 Å². The summed E-state index contributed by atoms with van der Waals surface area (Å²) in [6.07, 6.45) is 0. The van der Waals surface area contributed by atoms with Gasteiger partial charge in [-0.25, -0.2) is 0 Å². The SMILES string of the molecule is Cc1ccc(CN2CCN(CC(=O)N3c4ccccc4C(C)C3C)CC2)cc1. The minimum atomic E-state index is 0.229. The number of carbonyl (C=O) groups excluding carboxylic acids is 1. The van der Waals surface area contributed by atoms with E-state index in [4.69, 9.17) is 0 Å². The van der Waals surface area contributed by atoms with Crippen LogP contribution >= 0.6 is 0 Å². The maximum atomic E-state index is 13.1. The Kier molecular flexibility index (Phi) is 5.51. The molecule has 0 bridgehead atoms. The zero-order valence-electron chi connectivity index (χ0n) is 17.3. The molecule has 1 saturated heterocycles. The van der Waals surface area contributed by atoms with Gasteiger partial charge in [0.1, 0.15) is 0 Å². The number of benzene rings is 2. The molecule has 148 valence electrons. The molecular formula is C24H31N3O. The number of para-hydroxylation sites is 1. The lowest BCUT2D eigenvalue weighted by Crippen LogP contribution is -2.50. The van der Waals surface area contributed by atoms with Gasteiger partial charge in [0.05, 0.1) is 6.54 Å². The maximum absolute atomic E-state index is 13.1. The molecule has 2 atom stereocenters. The highest BCUT2D eigenvalue weighted by Crippen LogP contribution is 2.40. The molecule has 2 aromatic carbocycles. The van der Waals surface area contributed by atoms with Crippen LogP contribution in [0, 0.1) is 6.92 Å². The van der Waals surface area contributed by atoms with E-state index in [2.05, 4.69) is 73.0 Å². The highest BCUT2D eigenvalue weighted by atomic mass is 16.2. The van der Waals surface area contributed by atoms with Gasteiger partial charge in [0, 0.05) is 50.4 Å². The second kappa shape index (κ2) is 8.06. The number of fused-ring (bicyclic) bond motifs is 1. The van der Waals surface area contributed by atoms with E-state index in [9.17, 15) is 4.79 Å². The molecule has 0 N–H and O–H groups in total. The van der Waals surface area contributed by atoms with Crippen molar-refractivity contribution in [3.05, 3.63) is 65.2 Å². The van der Waals surface area contributed by atoms with Gasteiger partial charge >= 0.3 is 0 Å². The Balaban J connectivity index is 1.32. The molecule has 0 saturated carbocycles. The van der Waals surface area contributed by atoms with Gasteiger partial charge in [-0.3, -0.25) is 14.6 Å². The fourth-order valence-electron chi connectivity index (χ4n) is 4.48. The summed E-state index contributed by atoms with van der Waals surface area (Å²) in [5, 5.41) is 0. The van der Waals surface area contributed by atoms with E-state index in [1.807, 2.05) is 11.0 Å². The summed E-state index contributed by atoms with van der Waals surface area (Å²) < 4.78 is 0. The van der Waals surface area contributed by atoms with E-state index >= 15 is 0 Å². The van der Waals surface area contributed by atoms with Crippen LogP contribution in [0.1, 0.15) is 36.5 Å². The van der Waals surface area contributed by atoms with Gasteiger partial charge in [0.2, 0.25) is 5.91 Å². The van der Waals surface area contributed by atoms with Crippen LogP contribution in [0.5, 0.6) is 0 Å². The molecule has 4 heteroatoms. The van der Waals surface area contributed by atoms with Crippen molar-refractivity contribution in [3.63, 3.8) is 0 Å². The molecule has 2 aliphatic rings. The predicted octanol–water partition coefficient (Wildman–Crippen LogP) is 3.65. The van der Waals surface area contributed by atoms with Crippen LogP contribution in [0.4, 0.5) is 5.69 Å². The minimum Gasteiger partial charge on any atom is -0.308 e. The number of hydrogen-bond donors (Lipinski definition) is 0. The van der Waals surface area contributed by atoms with Crippen LogP contribution in [0.25, 0.3) is 0 Å². The van der Waals surface area contributed by atoms with E-state index in [1.165, 1.54) is 16.7 Å². The Morgan fingerprint density at radius 3 is 2.29 bits per heavy atom. The molecule has 2 aliphatic heterocycles. The third-order valence-corrected chi connectivity index (χ3v) is 6.44. The van der Waals surface area contributed by atoms with Gasteiger partial charge in [0.15, 0.2) is 0 Å². The molecule has 1 amide bonds. The van der Waals surface area contributed by atoms with Crippen LogP contribution in [-0.4, -0.2) is 54.5 Å². The van der Waals surface area contributed by atoms with E-state index in [-0.39, 0.29) is 11.9 Å². The van der Waals surface area contributed by atoms with E-state index in [0.717, 1.165) is 38.4 Å². The smallest absolute Gasteiger partial charge is 0.241 e. The quantitative estimate of drug-likeness (QED) is 0.814. The summed E-state index contributed by atoms with van der Waals surface area (Å²) in [5.41, 5.74) is 5.07. The maximum Gasteiger partial charge on any atom is 0.241 e. The van der Waals surface area contributed by atoms with Crippen molar-refractivity contribution in [1.29, 1.82) is 0 Å². The molecule has 0 aromatic heterocycles. The van der Waals surface area contributed by atoms with Gasteiger partial charge < -0.3 is 4.90 Å². The second-order valence-electron chi connectivity index (χ2n) is 8.39. The average Bonchev–Trinajstić information content (AvgIpc) is 2.96. The predicted molar refractivity (Wildman–Crippen MR) is 115 cm³/mol. The van der Waals surface area contributed by atoms with Crippen LogP contribution in [0.3, 0.4) is 0 Å². The number of aryl methyl sites for hydroxylation is 1. The zero-order valence-corrected chi connectivity index (χ0v) is 17.3. The first-order valence-corrected chi connectivity index (χ1v) is 10.4. The van der Waals surface area contributed by atoms with Gasteiger partial charge in [-0.15, -0.1) is 0 Å².